The van der Waals surface area contributed by atoms with Crippen molar-refractivity contribution in [3.8, 4) is 0 Å². The van der Waals surface area contributed by atoms with E-state index in [4.69, 9.17) is 12.2 Å². The van der Waals surface area contributed by atoms with Gasteiger partial charge >= 0.3 is 0 Å². The van der Waals surface area contributed by atoms with Crippen LogP contribution in [0.1, 0.15) is 19.3 Å². The molecule has 1 aliphatic heterocycles. The smallest absolute Gasteiger partial charge is 0.187 e. The lowest BCUT2D eigenvalue weighted by atomic mass is 10.3. The first kappa shape index (κ1) is 9.27. The zero-order chi connectivity index (χ0) is 9.10. The summed E-state index contributed by atoms with van der Waals surface area (Å²) in [4.78, 5) is 0. The lowest BCUT2D eigenvalue weighted by Crippen LogP contribution is -2.34. The monoisotopic (exact) mass is 215 g/mol. The normalized spacial score (nSPS) is 24.8. The molecule has 72 valence electrons. The van der Waals surface area contributed by atoms with Gasteiger partial charge in [-0.3, -0.25) is 5.43 Å². The van der Waals surface area contributed by atoms with Crippen molar-refractivity contribution in [2.45, 2.75) is 25.3 Å². The molecule has 1 aliphatic carbocycles. The number of rotatable bonds is 2. The number of hydrazone groups is 1. The maximum atomic E-state index is 5.07. The van der Waals surface area contributed by atoms with Crippen molar-refractivity contribution < 1.29 is 0 Å². The summed E-state index contributed by atoms with van der Waals surface area (Å²) in [5, 5.41) is 8.10. The van der Waals surface area contributed by atoms with Crippen LogP contribution in [-0.2, 0) is 0 Å². The van der Waals surface area contributed by atoms with E-state index < -0.39 is 0 Å². The molecule has 2 rings (SSSR count). The summed E-state index contributed by atoms with van der Waals surface area (Å²) in [6.45, 7) is 0. The molecule has 0 aromatic heterocycles. The van der Waals surface area contributed by atoms with Gasteiger partial charge in [-0.2, -0.15) is 16.9 Å². The molecule has 13 heavy (non-hydrogen) atoms. The third kappa shape index (κ3) is 3.15. The standard InChI is InChI=1S/C8H13N3S2/c12-8(9-6-1-2-6)11-10-7-3-4-13-5-7/h6H,1-5H2,(H2,9,11,12)/b10-7-. The first-order valence-corrected chi connectivity index (χ1v) is 6.10. The second-order valence-corrected chi connectivity index (χ2v) is 4.85. The molecule has 2 fully saturated rings. The van der Waals surface area contributed by atoms with Crippen LogP contribution >= 0.6 is 24.0 Å². The lowest BCUT2D eigenvalue weighted by Gasteiger charge is -2.04. The van der Waals surface area contributed by atoms with Crippen LogP contribution in [0, 0.1) is 0 Å². The summed E-state index contributed by atoms with van der Waals surface area (Å²) >= 11 is 6.99. The van der Waals surface area contributed by atoms with Crippen LogP contribution in [-0.4, -0.2) is 28.4 Å². The van der Waals surface area contributed by atoms with Gasteiger partial charge in [-0.1, -0.05) is 0 Å². The molecule has 1 saturated heterocycles. The summed E-state index contributed by atoms with van der Waals surface area (Å²) in [5.41, 5.74) is 4.12. The fourth-order valence-corrected chi connectivity index (χ4v) is 2.30. The maximum absolute atomic E-state index is 5.07. The quantitative estimate of drug-likeness (QED) is 0.534. The number of thiocarbonyl (C=S) groups is 1. The van der Waals surface area contributed by atoms with E-state index in [1.807, 2.05) is 11.8 Å². The molecule has 0 atom stereocenters. The minimum absolute atomic E-state index is 0.609. The number of nitrogens with one attached hydrogen (secondary N) is 2. The number of nitrogens with zero attached hydrogens (tertiary/aromatic N) is 1. The Labute approximate surface area is 87.7 Å². The van der Waals surface area contributed by atoms with Gasteiger partial charge in [0.25, 0.3) is 0 Å². The molecule has 0 aromatic carbocycles. The molecule has 2 aliphatic rings. The fraction of sp³-hybridized carbons (Fsp3) is 0.750. The van der Waals surface area contributed by atoms with E-state index in [2.05, 4.69) is 15.8 Å². The molecule has 5 heteroatoms. The fourth-order valence-electron chi connectivity index (χ4n) is 1.12. The van der Waals surface area contributed by atoms with E-state index in [1.54, 1.807) is 0 Å². The number of hydrogen-bond donors (Lipinski definition) is 2. The van der Waals surface area contributed by atoms with Crippen molar-refractivity contribution >= 4 is 34.8 Å². The van der Waals surface area contributed by atoms with Crippen molar-refractivity contribution in [1.82, 2.24) is 10.7 Å². The van der Waals surface area contributed by atoms with Crippen LogP contribution in [0.2, 0.25) is 0 Å². The van der Waals surface area contributed by atoms with Crippen molar-refractivity contribution in [2.24, 2.45) is 5.10 Å². The average molecular weight is 215 g/mol. The first-order valence-electron chi connectivity index (χ1n) is 4.54. The maximum Gasteiger partial charge on any atom is 0.187 e. The topological polar surface area (TPSA) is 36.4 Å². The second-order valence-electron chi connectivity index (χ2n) is 3.34. The van der Waals surface area contributed by atoms with E-state index in [0.717, 1.165) is 12.2 Å². The molecule has 0 aromatic rings. The SMILES string of the molecule is S=C(N/N=C1/CCSC1)NC1CC1. The van der Waals surface area contributed by atoms with Crippen molar-refractivity contribution in [2.75, 3.05) is 11.5 Å². The predicted molar refractivity (Wildman–Crippen MR) is 61.3 cm³/mol. The Balaban J connectivity index is 1.70. The van der Waals surface area contributed by atoms with Crippen LogP contribution in [0.15, 0.2) is 5.10 Å². The van der Waals surface area contributed by atoms with Gasteiger partial charge in [0.2, 0.25) is 0 Å². The number of thioether (sulfide) groups is 1. The van der Waals surface area contributed by atoms with E-state index in [1.165, 1.54) is 24.3 Å². The number of hydrogen-bond acceptors (Lipinski definition) is 3. The third-order valence-electron chi connectivity index (χ3n) is 2.03. The second kappa shape index (κ2) is 4.28. The Morgan fingerprint density at radius 3 is 3.00 bits per heavy atom. The molecule has 2 N–H and O–H groups in total. The molecular weight excluding hydrogens is 202 g/mol. The minimum Gasteiger partial charge on any atom is -0.359 e. The van der Waals surface area contributed by atoms with Gasteiger partial charge in [0.15, 0.2) is 5.11 Å². The first-order chi connectivity index (χ1) is 6.34. The summed E-state index contributed by atoms with van der Waals surface area (Å²) < 4.78 is 0. The highest BCUT2D eigenvalue weighted by molar-refractivity contribution is 8.00. The Hall–Kier alpha value is -0.290. The molecule has 0 unspecified atom stereocenters. The Bertz CT molecular complexity index is 228. The van der Waals surface area contributed by atoms with Gasteiger partial charge < -0.3 is 5.32 Å². The molecule has 0 amide bonds. The molecule has 3 nitrogen and oxygen atoms in total. The molecule has 0 bridgehead atoms. The van der Waals surface area contributed by atoms with Gasteiger partial charge in [0.05, 0.1) is 0 Å². The van der Waals surface area contributed by atoms with Crippen LogP contribution in [0.5, 0.6) is 0 Å². The van der Waals surface area contributed by atoms with Gasteiger partial charge in [-0.05, 0) is 37.2 Å². The van der Waals surface area contributed by atoms with Crippen molar-refractivity contribution in [3.05, 3.63) is 0 Å². The van der Waals surface area contributed by atoms with E-state index in [-0.39, 0.29) is 0 Å². The van der Waals surface area contributed by atoms with Crippen molar-refractivity contribution in [1.29, 1.82) is 0 Å². The molecule has 1 heterocycles. The summed E-state index contributed by atoms with van der Waals surface area (Å²) in [7, 11) is 0. The molecule has 0 radical (unpaired) electrons. The highest BCUT2D eigenvalue weighted by atomic mass is 32.2. The highest BCUT2D eigenvalue weighted by Crippen LogP contribution is 2.18. The summed E-state index contributed by atoms with van der Waals surface area (Å²) in [6, 6.07) is 0.609. The van der Waals surface area contributed by atoms with Gasteiger partial charge in [0, 0.05) is 17.5 Å². The summed E-state index contributed by atoms with van der Waals surface area (Å²) in [5.74, 6) is 2.25. The molecule has 0 spiro atoms. The Morgan fingerprint density at radius 1 is 1.54 bits per heavy atom. The van der Waals surface area contributed by atoms with Gasteiger partial charge in [-0.25, -0.2) is 0 Å². The predicted octanol–water partition coefficient (Wildman–Crippen LogP) is 1.11. The third-order valence-corrected chi connectivity index (χ3v) is 3.27. The van der Waals surface area contributed by atoms with Crippen LogP contribution < -0.4 is 10.7 Å². The van der Waals surface area contributed by atoms with Crippen LogP contribution in [0.4, 0.5) is 0 Å². The highest BCUT2D eigenvalue weighted by Gasteiger charge is 2.21. The molecule has 1 saturated carbocycles. The zero-order valence-electron chi connectivity index (χ0n) is 7.38. The van der Waals surface area contributed by atoms with E-state index >= 15 is 0 Å². The van der Waals surface area contributed by atoms with Gasteiger partial charge in [-0.15, -0.1) is 0 Å². The lowest BCUT2D eigenvalue weighted by molar-refractivity contribution is 0.859. The van der Waals surface area contributed by atoms with Crippen LogP contribution in [0.3, 0.4) is 0 Å². The Kier molecular flexibility index (Phi) is 3.05. The van der Waals surface area contributed by atoms with Crippen LogP contribution in [0.25, 0.3) is 0 Å². The van der Waals surface area contributed by atoms with E-state index in [0.29, 0.717) is 11.2 Å². The molecular formula is C8H13N3S2. The van der Waals surface area contributed by atoms with Gasteiger partial charge in [0.1, 0.15) is 0 Å². The summed E-state index contributed by atoms with van der Waals surface area (Å²) in [6.07, 6.45) is 3.59. The Morgan fingerprint density at radius 2 is 2.38 bits per heavy atom. The minimum atomic E-state index is 0.609. The zero-order valence-corrected chi connectivity index (χ0v) is 9.01. The average Bonchev–Trinajstić information content (AvgIpc) is 2.78. The largest absolute Gasteiger partial charge is 0.359 e. The van der Waals surface area contributed by atoms with E-state index in [9.17, 15) is 0 Å². The van der Waals surface area contributed by atoms with Crippen molar-refractivity contribution in [3.63, 3.8) is 0 Å².